The number of urea groups is 1. The fourth-order valence-corrected chi connectivity index (χ4v) is 3.06. The SMILES string of the molecule is NS(=O)(=O)c1ccc(NC(=O)N(CCO)Cc2ccccc2Br)cc1. The molecule has 25 heavy (non-hydrogen) atoms. The molecule has 134 valence electrons. The van der Waals surface area contributed by atoms with Gasteiger partial charge >= 0.3 is 6.03 Å². The van der Waals surface area contributed by atoms with E-state index in [2.05, 4.69) is 21.2 Å². The fraction of sp³-hybridized carbons (Fsp3) is 0.188. The van der Waals surface area contributed by atoms with Gasteiger partial charge in [0.25, 0.3) is 0 Å². The number of hydrogen-bond acceptors (Lipinski definition) is 4. The average molecular weight is 428 g/mol. The van der Waals surface area contributed by atoms with Gasteiger partial charge in [0.2, 0.25) is 10.0 Å². The summed E-state index contributed by atoms with van der Waals surface area (Å²) in [6, 6.07) is 12.6. The Morgan fingerprint density at radius 2 is 1.80 bits per heavy atom. The summed E-state index contributed by atoms with van der Waals surface area (Å²) in [5.74, 6) is 0. The molecule has 0 bridgehead atoms. The highest BCUT2D eigenvalue weighted by atomic mass is 79.9. The number of benzene rings is 2. The number of nitrogens with one attached hydrogen (secondary N) is 1. The number of carbonyl (C=O) groups excluding carboxylic acids is 1. The standard InChI is InChI=1S/C16H18BrN3O4S/c17-15-4-2-1-3-12(15)11-20(9-10-21)16(22)19-13-5-7-14(8-6-13)25(18,23)24/h1-8,21H,9-11H2,(H,19,22)(H2,18,23,24). The van der Waals surface area contributed by atoms with Crippen LogP contribution < -0.4 is 10.5 Å². The van der Waals surface area contributed by atoms with Crippen molar-refractivity contribution in [3.8, 4) is 0 Å². The number of primary sulfonamides is 1. The molecule has 0 aliphatic rings. The maximum Gasteiger partial charge on any atom is 0.322 e. The van der Waals surface area contributed by atoms with E-state index < -0.39 is 16.1 Å². The van der Waals surface area contributed by atoms with Gasteiger partial charge in [-0.05, 0) is 35.9 Å². The van der Waals surface area contributed by atoms with Gasteiger partial charge in [-0.3, -0.25) is 0 Å². The van der Waals surface area contributed by atoms with E-state index in [4.69, 9.17) is 5.14 Å². The van der Waals surface area contributed by atoms with Crippen LogP contribution in [0.4, 0.5) is 10.5 Å². The predicted molar refractivity (Wildman–Crippen MR) is 98.5 cm³/mol. The summed E-state index contributed by atoms with van der Waals surface area (Å²) in [7, 11) is -3.78. The average Bonchev–Trinajstić information content (AvgIpc) is 2.56. The molecule has 0 saturated heterocycles. The van der Waals surface area contributed by atoms with Crippen molar-refractivity contribution >= 4 is 37.7 Å². The number of aliphatic hydroxyl groups excluding tert-OH is 1. The van der Waals surface area contributed by atoms with Crippen molar-refractivity contribution in [3.05, 3.63) is 58.6 Å². The number of aliphatic hydroxyl groups is 1. The summed E-state index contributed by atoms with van der Waals surface area (Å²) >= 11 is 3.43. The number of nitrogens with zero attached hydrogens (tertiary/aromatic N) is 1. The van der Waals surface area contributed by atoms with E-state index in [0.717, 1.165) is 10.0 Å². The first-order chi connectivity index (χ1) is 11.8. The van der Waals surface area contributed by atoms with Gasteiger partial charge < -0.3 is 15.3 Å². The predicted octanol–water partition coefficient (Wildman–Crippen LogP) is 2.12. The van der Waals surface area contributed by atoms with Gasteiger partial charge in [0.1, 0.15) is 0 Å². The van der Waals surface area contributed by atoms with Crippen LogP contribution >= 0.6 is 15.9 Å². The second-order valence-electron chi connectivity index (χ2n) is 5.24. The molecule has 2 rings (SSSR count). The normalized spacial score (nSPS) is 11.2. The third kappa shape index (κ3) is 5.53. The van der Waals surface area contributed by atoms with Crippen molar-refractivity contribution in [2.75, 3.05) is 18.5 Å². The molecule has 9 heteroatoms. The number of hydrogen-bond donors (Lipinski definition) is 3. The topological polar surface area (TPSA) is 113 Å². The van der Waals surface area contributed by atoms with Gasteiger partial charge in [0.15, 0.2) is 0 Å². The minimum Gasteiger partial charge on any atom is -0.395 e. The van der Waals surface area contributed by atoms with Crippen molar-refractivity contribution in [2.24, 2.45) is 5.14 Å². The van der Waals surface area contributed by atoms with E-state index in [1.54, 1.807) is 0 Å². The molecule has 0 aliphatic heterocycles. The smallest absolute Gasteiger partial charge is 0.322 e. The van der Waals surface area contributed by atoms with Crippen LogP contribution in [-0.2, 0) is 16.6 Å². The van der Waals surface area contributed by atoms with Crippen LogP contribution in [0.2, 0.25) is 0 Å². The highest BCUT2D eigenvalue weighted by molar-refractivity contribution is 9.10. The number of halogens is 1. The Labute approximate surface area is 154 Å². The van der Waals surface area contributed by atoms with Crippen LogP contribution in [0.25, 0.3) is 0 Å². The quantitative estimate of drug-likeness (QED) is 0.654. The van der Waals surface area contributed by atoms with Crippen LogP contribution in [0.5, 0.6) is 0 Å². The van der Waals surface area contributed by atoms with Gasteiger partial charge in [0, 0.05) is 23.2 Å². The van der Waals surface area contributed by atoms with Crippen LogP contribution in [0.1, 0.15) is 5.56 Å². The van der Waals surface area contributed by atoms with E-state index >= 15 is 0 Å². The number of anilines is 1. The molecular weight excluding hydrogens is 410 g/mol. The van der Waals surface area contributed by atoms with Gasteiger partial charge in [-0.1, -0.05) is 34.1 Å². The van der Waals surface area contributed by atoms with Crippen LogP contribution in [0.3, 0.4) is 0 Å². The lowest BCUT2D eigenvalue weighted by Gasteiger charge is -2.23. The number of nitrogens with two attached hydrogens (primary N) is 1. The zero-order valence-electron chi connectivity index (χ0n) is 13.2. The Hall–Kier alpha value is -1.94. The molecule has 2 aromatic rings. The maximum atomic E-state index is 12.4. The first-order valence-corrected chi connectivity index (χ1v) is 9.68. The third-order valence-corrected chi connectivity index (χ3v) is 5.11. The zero-order chi connectivity index (χ0) is 18.4. The molecule has 0 heterocycles. The summed E-state index contributed by atoms with van der Waals surface area (Å²) < 4.78 is 23.4. The number of rotatable bonds is 6. The summed E-state index contributed by atoms with van der Waals surface area (Å²) in [5, 5.41) is 16.9. The molecule has 0 fully saturated rings. The molecular formula is C16H18BrN3O4S. The first kappa shape index (κ1) is 19.4. The van der Waals surface area contributed by atoms with Crippen LogP contribution in [0, 0.1) is 0 Å². The first-order valence-electron chi connectivity index (χ1n) is 7.34. The van der Waals surface area contributed by atoms with Crippen molar-refractivity contribution in [1.29, 1.82) is 0 Å². The largest absolute Gasteiger partial charge is 0.395 e. The molecule has 0 unspecified atom stereocenters. The minimum atomic E-state index is -3.78. The van der Waals surface area contributed by atoms with Crippen LogP contribution in [-0.4, -0.2) is 37.6 Å². The Kier molecular flexibility index (Phi) is 6.54. The Morgan fingerprint density at radius 3 is 2.36 bits per heavy atom. The van der Waals surface area contributed by atoms with Crippen molar-refractivity contribution in [2.45, 2.75) is 11.4 Å². The lowest BCUT2D eigenvalue weighted by atomic mass is 10.2. The molecule has 2 aromatic carbocycles. The Bertz CT molecular complexity index is 841. The van der Waals surface area contributed by atoms with E-state index in [1.807, 2.05) is 24.3 Å². The lowest BCUT2D eigenvalue weighted by Crippen LogP contribution is -2.36. The Morgan fingerprint density at radius 1 is 1.16 bits per heavy atom. The Balaban J connectivity index is 2.11. The monoisotopic (exact) mass is 427 g/mol. The van der Waals surface area contributed by atoms with Gasteiger partial charge in [0.05, 0.1) is 11.5 Å². The molecule has 4 N–H and O–H groups in total. The molecule has 0 aromatic heterocycles. The van der Waals surface area contributed by atoms with Gasteiger partial charge in [-0.2, -0.15) is 0 Å². The van der Waals surface area contributed by atoms with Gasteiger partial charge in [-0.25, -0.2) is 18.4 Å². The van der Waals surface area contributed by atoms with Crippen molar-refractivity contribution in [3.63, 3.8) is 0 Å². The minimum absolute atomic E-state index is 0.0362. The number of carbonyl (C=O) groups is 1. The summed E-state index contributed by atoms with van der Waals surface area (Å²) in [5.41, 5.74) is 1.32. The second-order valence-corrected chi connectivity index (χ2v) is 7.65. The number of amides is 2. The maximum absolute atomic E-state index is 12.4. The molecule has 0 saturated carbocycles. The molecule has 0 atom stereocenters. The summed E-state index contributed by atoms with van der Waals surface area (Å²) in [6.45, 7) is 0.285. The van der Waals surface area contributed by atoms with E-state index in [-0.39, 0.29) is 18.0 Å². The zero-order valence-corrected chi connectivity index (χ0v) is 15.6. The van der Waals surface area contributed by atoms with Crippen molar-refractivity contribution < 1.29 is 18.3 Å². The van der Waals surface area contributed by atoms with Gasteiger partial charge in [-0.15, -0.1) is 0 Å². The van der Waals surface area contributed by atoms with E-state index in [1.165, 1.54) is 29.2 Å². The lowest BCUT2D eigenvalue weighted by molar-refractivity contribution is 0.185. The molecule has 2 amide bonds. The number of sulfonamides is 1. The summed E-state index contributed by atoms with van der Waals surface area (Å²) in [6.07, 6.45) is 0. The highest BCUT2D eigenvalue weighted by Crippen LogP contribution is 2.19. The van der Waals surface area contributed by atoms with Crippen LogP contribution in [0.15, 0.2) is 57.9 Å². The van der Waals surface area contributed by atoms with Crippen molar-refractivity contribution in [1.82, 2.24) is 4.90 Å². The fourth-order valence-electron chi connectivity index (χ4n) is 2.14. The van der Waals surface area contributed by atoms with E-state index in [9.17, 15) is 18.3 Å². The molecule has 0 radical (unpaired) electrons. The molecule has 0 spiro atoms. The highest BCUT2D eigenvalue weighted by Gasteiger charge is 2.15. The van der Waals surface area contributed by atoms with E-state index in [0.29, 0.717) is 12.2 Å². The second kappa shape index (κ2) is 8.43. The summed E-state index contributed by atoms with van der Waals surface area (Å²) in [4.78, 5) is 13.9. The molecule has 7 nitrogen and oxygen atoms in total. The molecule has 0 aliphatic carbocycles. The third-order valence-electron chi connectivity index (χ3n) is 3.41.